The van der Waals surface area contributed by atoms with Gasteiger partial charge in [0.2, 0.25) is 5.91 Å². The molecule has 3 heterocycles. The predicted molar refractivity (Wildman–Crippen MR) is 148 cm³/mol. The largest absolute Gasteiger partial charge is 0.310 e. The van der Waals surface area contributed by atoms with Gasteiger partial charge in [0.25, 0.3) is 0 Å². The first-order valence-corrected chi connectivity index (χ1v) is 12.4. The molecule has 0 spiro atoms. The second-order valence-corrected chi connectivity index (χ2v) is 9.28. The van der Waals surface area contributed by atoms with E-state index in [4.69, 9.17) is 11.6 Å². The van der Waals surface area contributed by atoms with Crippen LogP contribution in [0.2, 0.25) is 5.02 Å². The molecule has 0 fully saturated rings. The van der Waals surface area contributed by atoms with E-state index < -0.39 is 0 Å². The van der Waals surface area contributed by atoms with Crippen LogP contribution in [-0.2, 0) is 11.2 Å². The van der Waals surface area contributed by atoms with Crippen LogP contribution in [0.5, 0.6) is 0 Å². The van der Waals surface area contributed by atoms with E-state index in [1.54, 1.807) is 21.6 Å². The lowest BCUT2D eigenvalue weighted by atomic mass is 10.0. The standard InChI is InChI=1S/C29H22ClN7O/c1-19-14-26(34-27(38)15-20-10-12-22(13-11-20)21-6-3-2-4-7-21)37(35-19)29-25-17-33-36(28(25)31-18-32-29)24-9-5-8-23(30)16-24/h2-14,16-18H,15H2,1H3,(H,34,38). The van der Waals surface area contributed by atoms with Gasteiger partial charge in [0.15, 0.2) is 11.5 Å². The summed E-state index contributed by atoms with van der Waals surface area (Å²) in [6.07, 6.45) is 3.37. The summed E-state index contributed by atoms with van der Waals surface area (Å²) in [6.45, 7) is 1.86. The Morgan fingerprint density at radius 3 is 2.47 bits per heavy atom. The van der Waals surface area contributed by atoms with Crippen LogP contribution in [-0.4, -0.2) is 35.4 Å². The second-order valence-electron chi connectivity index (χ2n) is 8.84. The lowest BCUT2D eigenvalue weighted by Gasteiger charge is -2.10. The number of nitrogens with zero attached hydrogens (tertiary/aromatic N) is 6. The molecular weight excluding hydrogens is 498 g/mol. The van der Waals surface area contributed by atoms with Crippen LogP contribution < -0.4 is 5.32 Å². The van der Waals surface area contributed by atoms with Crippen molar-refractivity contribution in [3.63, 3.8) is 0 Å². The molecule has 6 aromatic rings. The molecule has 0 aliphatic rings. The lowest BCUT2D eigenvalue weighted by molar-refractivity contribution is -0.115. The third-order valence-electron chi connectivity index (χ3n) is 6.12. The zero-order chi connectivity index (χ0) is 26.1. The number of aromatic nitrogens is 6. The Labute approximate surface area is 223 Å². The second kappa shape index (κ2) is 9.91. The van der Waals surface area contributed by atoms with Crippen LogP contribution in [0.15, 0.2) is 97.5 Å². The van der Waals surface area contributed by atoms with Crippen molar-refractivity contribution >= 4 is 34.4 Å². The van der Waals surface area contributed by atoms with Gasteiger partial charge in [0.1, 0.15) is 12.1 Å². The average molecular weight is 520 g/mol. The van der Waals surface area contributed by atoms with Gasteiger partial charge < -0.3 is 5.32 Å². The maximum Gasteiger partial charge on any atom is 0.229 e. The molecule has 0 saturated carbocycles. The number of halogens is 1. The highest BCUT2D eigenvalue weighted by Gasteiger charge is 2.18. The van der Waals surface area contributed by atoms with Crippen LogP contribution in [0.3, 0.4) is 0 Å². The molecule has 8 nitrogen and oxygen atoms in total. The van der Waals surface area contributed by atoms with Gasteiger partial charge in [-0.05, 0) is 41.8 Å². The van der Waals surface area contributed by atoms with Gasteiger partial charge in [-0.3, -0.25) is 4.79 Å². The van der Waals surface area contributed by atoms with Gasteiger partial charge in [-0.1, -0.05) is 72.3 Å². The number of carbonyl (C=O) groups excluding carboxylic acids is 1. The van der Waals surface area contributed by atoms with Crippen molar-refractivity contribution in [3.8, 4) is 22.6 Å². The van der Waals surface area contributed by atoms with Crippen molar-refractivity contribution in [1.29, 1.82) is 0 Å². The molecule has 0 bridgehead atoms. The molecule has 186 valence electrons. The minimum Gasteiger partial charge on any atom is -0.310 e. The lowest BCUT2D eigenvalue weighted by Crippen LogP contribution is -2.17. The Bertz CT molecular complexity index is 1760. The molecule has 9 heteroatoms. The quantitative estimate of drug-likeness (QED) is 0.300. The molecule has 1 amide bonds. The molecule has 0 atom stereocenters. The maximum atomic E-state index is 13.0. The molecule has 6 rings (SSSR count). The Hall–Kier alpha value is -4.82. The fraction of sp³-hybridized carbons (Fsp3) is 0.0690. The van der Waals surface area contributed by atoms with Crippen LogP contribution in [0.1, 0.15) is 11.3 Å². The Morgan fingerprint density at radius 1 is 0.895 bits per heavy atom. The minimum atomic E-state index is -0.154. The van der Waals surface area contributed by atoms with Crippen molar-refractivity contribution in [2.24, 2.45) is 0 Å². The smallest absolute Gasteiger partial charge is 0.229 e. The zero-order valence-corrected chi connectivity index (χ0v) is 21.2. The van der Waals surface area contributed by atoms with E-state index in [9.17, 15) is 4.79 Å². The fourth-order valence-corrected chi connectivity index (χ4v) is 4.55. The van der Waals surface area contributed by atoms with E-state index in [-0.39, 0.29) is 12.3 Å². The summed E-state index contributed by atoms with van der Waals surface area (Å²) in [5, 5.41) is 13.4. The Kier molecular flexibility index (Phi) is 6.15. The summed E-state index contributed by atoms with van der Waals surface area (Å²) in [4.78, 5) is 21.9. The normalized spacial score (nSPS) is 11.1. The molecule has 0 aliphatic heterocycles. The molecule has 3 aromatic heterocycles. The summed E-state index contributed by atoms with van der Waals surface area (Å²) in [6, 6.07) is 27.3. The van der Waals surface area contributed by atoms with Gasteiger partial charge in [-0.2, -0.15) is 14.9 Å². The van der Waals surface area contributed by atoms with E-state index >= 15 is 0 Å². The number of hydrogen-bond donors (Lipinski definition) is 1. The van der Waals surface area contributed by atoms with Crippen LogP contribution >= 0.6 is 11.6 Å². The Morgan fingerprint density at radius 2 is 1.68 bits per heavy atom. The minimum absolute atomic E-state index is 0.154. The van der Waals surface area contributed by atoms with E-state index in [0.29, 0.717) is 27.7 Å². The number of amides is 1. The number of rotatable bonds is 6. The van der Waals surface area contributed by atoms with Gasteiger partial charge in [0, 0.05) is 11.1 Å². The number of benzene rings is 3. The highest BCUT2D eigenvalue weighted by molar-refractivity contribution is 6.30. The summed E-state index contributed by atoms with van der Waals surface area (Å²) < 4.78 is 3.31. The summed E-state index contributed by atoms with van der Waals surface area (Å²) in [7, 11) is 0. The van der Waals surface area contributed by atoms with Crippen molar-refractivity contribution in [2.45, 2.75) is 13.3 Å². The predicted octanol–water partition coefficient (Wildman–Crippen LogP) is 5.81. The van der Waals surface area contributed by atoms with Gasteiger partial charge in [0.05, 0.1) is 29.4 Å². The first-order valence-electron chi connectivity index (χ1n) is 12.0. The van der Waals surface area contributed by atoms with E-state index in [2.05, 4.69) is 37.6 Å². The number of fused-ring (bicyclic) bond motifs is 1. The number of hydrogen-bond acceptors (Lipinski definition) is 5. The number of aryl methyl sites for hydroxylation is 1. The summed E-state index contributed by atoms with van der Waals surface area (Å²) in [5.41, 5.74) is 5.27. The van der Waals surface area contributed by atoms with Gasteiger partial charge >= 0.3 is 0 Å². The van der Waals surface area contributed by atoms with E-state index in [1.807, 2.05) is 73.7 Å². The van der Waals surface area contributed by atoms with Crippen molar-refractivity contribution in [3.05, 3.63) is 114 Å². The SMILES string of the molecule is Cc1cc(NC(=O)Cc2ccc(-c3ccccc3)cc2)n(-c2ncnc3c2cnn3-c2cccc(Cl)c2)n1. The molecule has 3 aromatic carbocycles. The molecule has 0 unspecified atom stereocenters. The first-order chi connectivity index (χ1) is 18.5. The molecule has 1 N–H and O–H groups in total. The third kappa shape index (κ3) is 4.65. The molecule has 38 heavy (non-hydrogen) atoms. The molecule has 0 saturated heterocycles. The Balaban J connectivity index is 1.26. The van der Waals surface area contributed by atoms with Crippen LogP contribution in [0.25, 0.3) is 33.7 Å². The average Bonchev–Trinajstić information content (AvgIpc) is 3.52. The number of anilines is 1. The topological polar surface area (TPSA) is 90.5 Å². The van der Waals surface area contributed by atoms with E-state index in [1.165, 1.54) is 6.33 Å². The van der Waals surface area contributed by atoms with Crippen molar-refractivity contribution in [2.75, 3.05) is 5.32 Å². The molecular formula is C29H22ClN7O. The van der Waals surface area contributed by atoms with Gasteiger partial charge in [-0.15, -0.1) is 0 Å². The monoisotopic (exact) mass is 519 g/mol. The van der Waals surface area contributed by atoms with Crippen molar-refractivity contribution < 1.29 is 4.79 Å². The molecule has 0 aliphatic carbocycles. The maximum absolute atomic E-state index is 13.0. The summed E-state index contributed by atoms with van der Waals surface area (Å²) in [5.74, 6) is 0.876. The van der Waals surface area contributed by atoms with E-state index in [0.717, 1.165) is 28.1 Å². The van der Waals surface area contributed by atoms with Crippen molar-refractivity contribution in [1.82, 2.24) is 29.5 Å². The fourth-order valence-electron chi connectivity index (χ4n) is 4.37. The highest BCUT2D eigenvalue weighted by Crippen LogP contribution is 2.25. The highest BCUT2D eigenvalue weighted by atomic mass is 35.5. The van der Waals surface area contributed by atoms with Crippen LogP contribution in [0, 0.1) is 6.92 Å². The first kappa shape index (κ1) is 23.6. The molecule has 0 radical (unpaired) electrons. The van der Waals surface area contributed by atoms with Gasteiger partial charge in [-0.25, -0.2) is 14.6 Å². The third-order valence-corrected chi connectivity index (χ3v) is 6.36. The number of nitrogens with one attached hydrogen (secondary N) is 1. The zero-order valence-electron chi connectivity index (χ0n) is 20.4. The summed E-state index contributed by atoms with van der Waals surface area (Å²) >= 11 is 6.18. The number of carbonyl (C=O) groups is 1. The van der Waals surface area contributed by atoms with Crippen LogP contribution in [0.4, 0.5) is 5.82 Å².